The zero-order valence-corrected chi connectivity index (χ0v) is 11.1. The molecule has 1 aliphatic heterocycles. The molecule has 0 aliphatic carbocycles. The van der Waals surface area contributed by atoms with E-state index in [4.69, 9.17) is 11.5 Å². The van der Waals surface area contributed by atoms with Crippen molar-refractivity contribution in [3.63, 3.8) is 0 Å². The summed E-state index contributed by atoms with van der Waals surface area (Å²) in [6.07, 6.45) is 5.18. The monoisotopic (exact) mass is 257 g/mol. The van der Waals surface area contributed by atoms with Gasteiger partial charge < -0.3 is 16.4 Å². The van der Waals surface area contributed by atoms with E-state index in [-0.39, 0.29) is 5.96 Å². The molecular formula is C14H19N5. The van der Waals surface area contributed by atoms with Crippen LogP contribution < -0.4 is 11.5 Å². The SMILES string of the molecule is Cc1cccc(N=C(N)/N=C(\N)N2CC=CCC2)c1. The van der Waals surface area contributed by atoms with Gasteiger partial charge in [0.2, 0.25) is 5.96 Å². The van der Waals surface area contributed by atoms with E-state index in [1.807, 2.05) is 36.1 Å². The predicted molar refractivity (Wildman–Crippen MR) is 79.4 cm³/mol. The van der Waals surface area contributed by atoms with E-state index in [0.29, 0.717) is 5.96 Å². The summed E-state index contributed by atoms with van der Waals surface area (Å²) in [5.41, 5.74) is 13.6. The molecule has 0 unspecified atom stereocenters. The Labute approximate surface area is 113 Å². The summed E-state index contributed by atoms with van der Waals surface area (Å²) in [5, 5.41) is 0. The Balaban J connectivity index is 2.10. The standard InChI is InChI=1S/C14H19N5/c1-11-6-5-7-12(10-11)17-13(15)18-14(16)19-8-3-2-4-9-19/h2-3,5-7,10H,4,8-9H2,1H3,(H4,15,16,17,18). The van der Waals surface area contributed by atoms with Gasteiger partial charge in [0.25, 0.3) is 0 Å². The van der Waals surface area contributed by atoms with Crippen LogP contribution in [0.3, 0.4) is 0 Å². The highest BCUT2D eigenvalue weighted by Crippen LogP contribution is 2.13. The molecule has 2 rings (SSSR count). The van der Waals surface area contributed by atoms with Crippen molar-refractivity contribution in [2.75, 3.05) is 13.1 Å². The molecule has 0 saturated heterocycles. The third kappa shape index (κ3) is 3.84. The van der Waals surface area contributed by atoms with Crippen molar-refractivity contribution in [3.8, 4) is 0 Å². The van der Waals surface area contributed by atoms with E-state index < -0.39 is 0 Å². The van der Waals surface area contributed by atoms with E-state index >= 15 is 0 Å². The number of nitrogens with zero attached hydrogens (tertiary/aromatic N) is 3. The maximum atomic E-state index is 5.91. The van der Waals surface area contributed by atoms with Crippen LogP contribution >= 0.6 is 0 Å². The van der Waals surface area contributed by atoms with Gasteiger partial charge >= 0.3 is 0 Å². The molecule has 0 spiro atoms. The lowest BCUT2D eigenvalue weighted by molar-refractivity contribution is 0.450. The summed E-state index contributed by atoms with van der Waals surface area (Å²) in [5.74, 6) is 0.593. The van der Waals surface area contributed by atoms with Crippen LogP contribution in [0.4, 0.5) is 5.69 Å². The Morgan fingerprint density at radius 2 is 2.11 bits per heavy atom. The smallest absolute Gasteiger partial charge is 0.223 e. The van der Waals surface area contributed by atoms with Crippen molar-refractivity contribution in [2.45, 2.75) is 13.3 Å². The van der Waals surface area contributed by atoms with Crippen LogP contribution in [0.25, 0.3) is 0 Å². The molecule has 0 saturated carbocycles. The fourth-order valence-corrected chi connectivity index (χ4v) is 1.89. The Bertz CT molecular complexity index is 530. The lowest BCUT2D eigenvalue weighted by Crippen LogP contribution is -2.40. The van der Waals surface area contributed by atoms with E-state index in [0.717, 1.165) is 30.8 Å². The number of nitrogens with two attached hydrogens (primary N) is 2. The van der Waals surface area contributed by atoms with Crippen molar-refractivity contribution in [2.24, 2.45) is 21.5 Å². The third-order valence-corrected chi connectivity index (χ3v) is 2.86. The summed E-state index contributed by atoms with van der Waals surface area (Å²) in [7, 11) is 0. The first-order valence-corrected chi connectivity index (χ1v) is 6.30. The Morgan fingerprint density at radius 3 is 2.79 bits per heavy atom. The summed E-state index contributed by atoms with van der Waals surface area (Å²) >= 11 is 0. The van der Waals surface area contributed by atoms with Crippen LogP contribution in [0.2, 0.25) is 0 Å². The fourth-order valence-electron chi connectivity index (χ4n) is 1.89. The molecule has 1 heterocycles. The second-order valence-corrected chi connectivity index (χ2v) is 4.49. The Morgan fingerprint density at radius 1 is 1.26 bits per heavy atom. The second-order valence-electron chi connectivity index (χ2n) is 4.49. The fraction of sp³-hybridized carbons (Fsp3) is 0.286. The molecule has 0 fully saturated rings. The van der Waals surface area contributed by atoms with Gasteiger partial charge in [0.15, 0.2) is 5.96 Å². The van der Waals surface area contributed by atoms with Gasteiger partial charge in [-0.3, -0.25) is 0 Å². The molecule has 4 N–H and O–H groups in total. The van der Waals surface area contributed by atoms with Crippen LogP contribution in [-0.2, 0) is 0 Å². The van der Waals surface area contributed by atoms with Crippen LogP contribution in [0.5, 0.6) is 0 Å². The van der Waals surface area contributed by atoms with Gasteiger partial charge in [-0.2, -0.15) is 4.99 Å². The summed E-state index contributed by atoms with van der Waals surface area (Å²) < 4.78 is 0. The molecule has 5 nitrogen and oxygen atoms in total. The molecule has 1 aliphatic rings. The maximum absolute atomic E-state index is 5.91. The predicted octanol–water partition coefficient (Wildman–Crippen LogP) is 1.52. The van der Waals surface area contributed by atoms with Crippen molar-refractivity contribution in [1.29, 1.82) is 0 Å². The van der Waals surface area contributed by atoms with Gasteiger partial charge in [-0.05, 0) is 31.0 Å². The molecule has 0 aromatic heterocycles. The van der Waals surface area contributed by atoms with Gasteiger partial charge in [-0.15, -0.1) is 0 Å². The maximum Gasteiger partial charge on any atom is 0.223 e. The normalized spacial score (nSPS) is 16.8. The molecule has 19 heavy (non-hydrogen) atoms. The van der Waals surface area contributed by atoms with Crippen LogP contribution in [0.15, 0.2) is 46.4 Å². The second kappa shape index (κ2) is 6.04. The lowest BCUT2D eigenvalue weighted by Gasteiger charge is -2.23. The van der Waals surface area contributed by atoms with E-state index in [2.05, 4.69) is 22.1 Å². The van der Waals surface area contributed by atoms with Crippen LogP contribution in [0, 0.1) is 6.92 Å². The van der Waals surface area contributed by atoms with Gasteiger partial charge in [0.05, 0.1) is 5.69 Å². The van der Waals surface area contributed by atoms with Crippen LogP contribution in [-0.4, -0.2) is 29.9 Å². The first-order valence-electron chi connectivity index (χ1n) is 6.30. The quantitative estimate of drug-likeness (QED) is 0.455. The highest BCUT2D eigenvalue weighted by atomic mass is 15.3. The summed E-state index contributed by atoms with van der Waals surface area (Å²) in [6, 6.07) is 7.77. The number of aryl methyl sites for hydroxylation is 1. The van der Waals surface area contributed by atoms with E-state index in [1.54, 1.807) is 0 Å². The molecule has 0 amide bonds. The molecule has 1 aromatic rings. The van der Waals surface area contributed by atoms with E-state index in [1.165, 1.54) is 0 Å². The molecule has 0 bridgehead atoms. The number of aliphatic imine (C=N–C) groups is 2. The van der Waals surface area contributed by atoms with Gasteiger partial charge in [-0.1, -0.05) is 24.3 Å². The molecular weight excluding hydrogens is 238 g/mol. The minimum Gasteiger partial charge on any atom is -0.369 e. The molecule has 100 valence electrons. The molecule has 1 aromatic carbocycles. The number of hydrogen-bond acceptors (Lipinski definition) is 1. The first-order chi connectivity index (χ1) is 9.15. The summed E-state index contributed by atoms with van der Waals surface area (Å²) in [4.78, 5) is 10.3. The number of guanidine groups is 2. The van der Waals surface area contributed by atoms with Crippen molar-refractivity contribution >= 4 is 17.6 Å². The minimum atomic E-state index is 0.178. The summed E-state index contributed by atoms with van der Waals surface area (Å²) in [6.45, 7) is 3.64. The first kappa shape index (κ1) is 13.1. The largest absolute Gasteiger partial charge is 0.369 e. The van der Waals surface area contributed by atoms with Gasteiger partial charge in [0.1, 0.15) is 0 Å². The van der Waals surface area contributed by atoms with Crippen LogP contribution in [0.1, 0.15) is 12.0 Å². The Kier molecular flexibility index (Phi) is 4.18. The van der Waals surface area contributed by atoms with Crippen molar-refractivity contribution < 1.29 is 0 Å². The van der Waals surface area contributed by atoms with Crippen molar-refractivity contribution in [1.82, 2.24) is 4.90 Å². The number of hydrogen-bond donors (Lipinski definition) is 2. The zero-order valence-electron chi connectivity index (χ0n) is 11.1. The lowest BCUT2D eigenvalue weighted by atomic mass is 10.2. The van der Waals surface area contributed by atoms with Gasteiger partial charge in [0, 0.05) is 13.1 Å². The molecule has 0 atom stereocenters. The molecule has 0 radical (unpaired) electrons. The highest BCUT2D eigenvalue weighted by molar-refractivity contribution is 5.94. The van der Waals surface area contributed by atoms with E-state index in [9.17, 15) is 0 Å². The third-order valence-electron chi connectivity index (χ3n) is 2.86. The average Bonchev–Trinajstić information content (AvgIpc) is 2.39. The zero-order chi connectivity index (χ0) is 13.7. The number of benzene rings is 1. The molecule has 5 heteroatoms. The number of rotatable bonds is 1. The van der Waals surface area contributed by atoms with Gasteiger partial charge in [-0.25, -0.2) is 4.99 Å². The van der Waals surface area contributed by atoms with Crippen molar-refractivity contribution in [3.05, 3.63) is 42.0 Å². The average molecular weight is 257 g/mol. The topological polar surface area (TPSA) is 80.0 Å². The Hall–Kier alpha value is -2.30. The minimum absolute atomic E-state index is 0.178. The highest BCUT2D eigenvalue weighted by Gasteiger charge is 2.08.